The predicted molar refractivity (Wildman–Crippen MR) is 109 cm³/mol. The van der Waals surface area contributed by atoms with Gasteiger partial charge in [0.15, 0.2) is 0 Å². The SMILES string of the molecule is COC(=O)c1ccc(-c2ccccc2NC(C)C(=O)OC(C)(C)C)cc1[N+](=O)[O-]. The van der Waals surface area contributed by atoms with Crippen LogP contribution in [-0.2, 0) is 14.3 Å². The van der Waals surface area contributed by atoms with Gasteiger partial charge in [-0.1, -0.05) is 24.3 Å². The molecule has 8 nitrogen and oxygen atoms in total. The summed E-state index contributed by atoms with van der Waals surface area (Å²) < 4.78 is 9.99. The molecular formula is C21H24N2O6. The summed E-state index contributed by atoms with van der Waals surface area (Å²) in [4.78, 5) is 34.9. The molecule has 2 aromatic rings. The summed E-state index contributed by atoms with van der Waals surface area (Å²) in [7, 11) is 1.16. The Morgan fingerprint density at radius 3 is 2.38 bits per heavy atom. The molecule has 0 aliphatic carbocycles. The molecule has 1 unspecified atom stereocenters. The van der Waals surface area contributed by atoms with Crippen LogP contribution in [0.5, 0.6) is 0 Å². The second-order valence-electron chi connectivity index (χ2n) is 7.43. The minimum atomic E-state index is -0.784. The molecule has 0 bridgehead atoms. The summed E-state index contributed by atoms with van der Waals surface area (Å²) >= 11 is 0. The molecular weight excluding hydrogens is 376 g/mol. The number of ether oxygens (including phenoxy) is 2. The molecule has 0 saturated heterocycles. The zero-order valence-electron chi connectivity index (χ0n) is 17.0. The second kappa shape index (κ2) is 8.72. The predicted octanol–water partition coefficient (Wildman–Crippen LogP) is 4.19. The Bertz CT molecular complexity index is 933. The number of nitrogens with zero attached hydrogens (tertiary/aromatic N) is 1. The highest BCUT2D eigenvalue weighted by Crippen LogP contribution is 2.32. The third kappa shape index (κ3) is 5.54. The lowest BCUT2D eigenvalue weighted by molar-refractivity contribution is -0.385. The maximum Gasteiger partial charge on any atom is 0.344 e. The highest BCUT2D eigenvalue weighted by atomic mass is 16.6. The lowest BCUT2D eigenvalue weighted by atomic mass is 10.00. The average molecular weight is 400 g/mol. The van der Waals surface area contributed by atoms with Crippen molar-refractivity contribution in [1.29, 1.82) is 0 Å². The largest absolute Gasteiger partial charge is 0.465 e. The minimum Gasteiger partial charge on any atom is -0.465 e. The molecule has 1 N–H and O–H groups in total. The average Bonchev–Trinajstić information content (AvgIpc) is 2.66. The van der Waals surface area contributed by atoms with Crippen molar-refractivity contribution in [3.63, 3.8) is 0 Å². The highest BCUT2D eigenvalue weighted by Gasteiger charge is 2.24. The van der Waals surface area contributed by atoms with E-state index in [0.29, 0.717) is 16.8 Å². The fourth-order valence-electron chi connectivity index (χ4n) is 2.68. The molecule has 154 valence electrons. The van der Waals surface area contributed by atoms with Crippen LogP contribution in [0.4, 0.5) is 11.4 Å². The third-order valence-electron chi connectivity index (χ3n) is 3.97. The van der Waals surface area contributed by atoms with Crippen LogP contribution in [0.3, 0.4) is 0 Å². The molecule has 2 aromatic carbocycles. The van der Waals surface area contributed by atoms with E-state index in [1.54, 1.807) is 58.0 Å². The molecule has 1 atom stereocenters. The monoisotopic (exact) mass is 400 g/mol. The summed E-state index contributed by atoms with van der Waals surface area (Å²) in [6, 6.07) is 10.7. The number of esters is 2. The fraction of sp³-hybridized carbons (Fsp3) is 0.333. The van der Waals surface area contributed by atoms with Crippen LogP contribution in [0.25, 0.3) is 11.1 Å². The van der Waals surface area contributed by atoms with Gasteiger partial charge in [-0.3, -0.25) is 10.1 Å². The van der Waals surface area contributed by atoms with Gasteiger partial charge in [-0.05, 0) is 45.4 Å². The van der Waals surface area contributed by atoms with Crippen molar-refractivity contribution < 1.29 is 24.0 Å². The van der Waals surface area contributed by atoms with E-state index in [1.807, 2.05) is 0 Å². The Morgan fingerprint density at radius 2 is 1.79 bits per heavy atom. The van der Waals surface area contributed by atoms with Crippen LogP contribution in [0.15, 0.2) is 42.5 Å². The Hall–Kier alpha value is -3.42. The maximum atomic E-state index is 12.3. The standard InChI is InChI=1S/C21H24N2O6/c1-13(19(24)29-21(2,3)4)22-17-9-7-6-8-15(17)14-10-11-16(20(25)28-5)18(12-14)23(26)27/h6-13,22H,1-5H3. The van der Waals surface area contributed by atoms with Gasteiger partial charge in [-0.2, -0.15) is 0 Å². The van der Waals surface area contributed by atoms with Gasteiger partial charge in [0.2, 0.25) is 0 Å². The van der Waals surface area contributed by atoms with E-state index in [4.69, 9.17) is 4.74 Å². The molecule has 0 fully saturated rings. The first kappa shape index (κ1) is 21.9. The van der Waals surface area contributed by atoms with Gasteiger partial charge in [0.1, 0.15) is 17.2 Å². The van der Waals surface area contributed by atoms with Crippen molar-refractivity contribution in [3.05, 3.63) is 58.1 Å². The van der Waals surface area contributed by atoms with Crippen LogP contribution >= 0.6 is 0 Å². The molecule has 0 amide bonds. The maximum absolute atomic E-state index is 12.3. The number of methoxy groups -OCH3 is 1. The summed E-state index contributed by atoms with van der Waals surface area (Å²) in [6.07, 6.45) is 0. The Balaban J connectivity index is 2.40. The van der Waals surface area contributed by atoms with Crippen molar-refractivity contribution in [1.82, 2.24) is 0 Å². The van der Waals surface area contributed by atoms with Crippen molar-refractivity contribution in [2.24, 2.45) is 0 Å². The molecule has 29 heavy (non-hydrogen) atoms. The minimum absolute atomic E-state index is 0.131. The molecule has 0 heterocycles. The summed E-state index contributed by atoms with van der Waals surface area (Å²) in [5, 5.41) is 14.5. The fourth-order valence-corrected chi connectivity index (χ4v) is 2.68. The van der Waals surface area contributed by atoms with Crippen molar-refractivity contribution in [3.8, 4) is 11.1 Å². The summed E-state index contributed by atoms with van der Waals surface area (Å²) in [6.45, 7) is 7.03. The van der Waals surface area contributed by atoms with Crippen LogP contribution in [0.1, 0.15) is 38.1 Å². The number of carbonyl (C=O) groups is 2. The van der Waals surface area contributed by atoms with Gasteiger partial charge in [0.05, 0.1) is 12.0 Å². The van der Waals surface area contributed by atoms with E-state index < -0.39 is 28.5 Å². The van der Waals surface area contributed by atoms with Crippen molar-refractivity contribution >= 4 is 23.3 Å². The van der Waals surface area contributed by atoms with Gasteiger partial charge in [-0.25, -0.2) is 9.59 Å². The molecule has 2 rings (SSSR count). The number of para-hydroxylation sites is 1. The number of hydrogen-bond acceptors (Lipinski definition) is 7. The quantitative estimate of drug-likeness (QED) is 0.440. The van der Waals surface area contributed by atoms with Crippen LogP contribution in [0.2, 0.25) is 0 Å². The highest BCUT2D eigenvalue weighted by molar-refractivity contribution is 5.95. The van der Waals surface area contributed by atoms with E-state index in [1.165, 1.54) is 12.1 Å². The number of anilines is 1. The van der Waals surface area contributed by atoms with Crippen LogP contribution in [0, 0.1) is 10.1 Å². The number of benzene rings is 2. The summed E-state index contributed by atoms with van der Waals surface area (Å²) in [5.41, 5.74) is 0.659. The molecule has 8 heteroatoms. The molecule has 0 radical (unpaired) electrons. The number of nitro groups is 1. The molecule has 0 aromatic heterocycles. The van der Waals surface area contributed by atoms with E-state index in [9.17, 15) is 19.7 Å². The number of nitrogens with one attached hydrogen (secondary N) is 1. The van der Waals surface area contributed by atoms with Crippen LogP contribution in [-0.4, -0.2) is 35.6 Å². The zero-order valence-corrected chi connectivity index (χ0v) is 17.0. The van der Waals surface area contributed by atoms with Gasteiger partial charge in [0.25, 0.3) is 5.69 Å². The van der Waals surface area contributed by atoms with Gasteiger partial charge < -0.3 is 14.8 Å². The van der Waals surface area contributed by atoms with Crippen molar-refractivity contribution in [2.75, 3.05) is 12.4 Å². The second-order valence-corrected chi connectivity index (χ2v) is 7.43. The van der Waals surface area contributed by atoms with E-state index in [0.717, 1.165) is 7.11 Å². The van der Waals surface area contributed by atoms with Crippen LogP contribution < -0.4 is 5.32 Å². The summed E-state index contributed by atoms with van der Waals surface area (Å²) in [5.74, 6) is -1.20. The van der Waals surface area contributed by atoms with E-state index in [2.05, 4.69) is 10.1 Å². The number of hydrogen-bond donors (Lipinski definition) is 1. The number of carbonyl (C=O) groups excluding carboxylic acids is 2. The van der Waals surface area contributed by atoms with Gasteiger partial charge in [0, 0.05) is 17.3 Å². The normalized spacial score (nSPS) is 12.0. The van der Waals surface area contributed by atoms with E-state index in [-0.39, 0.29) is 11.3 Å². The third-order valence-corrected chi connectivity index (χ3v) is 3.97. The topological polar surface area (TPSA) is 108 Å². The number of rotatable bonds is 6. The lowest BCUT2D eigenvalue weighted by Crippen LogP contribution is -2.34. The lowest BCUT2D eigenvalue weighted by Gasteiger charge is -2.24. The molecule has 0 aliphatic rings. The molecule has 0 spiro atoms. The smallest absolute Gasteiger partial charge is 0.344 e. The van der Waals surface area contributed by atoms with Gasteiger partial charge >= 0.3 is 11.9 Å². The Morgan fingerprint density at radius 1 is 1.14 bits per heavy atom. The zero-order chi connectivity index (χ0) is 21.8. The number of nitro benzene ring substituents is 1. The Labute approximate surface area is 169 Å². The van der Waals surface area contributed by atoms with Gasteiger partial charge in [-0.15, -0.1) is 0 Å². The Kier molecular flexibility index (Phi) is 6.58. The molecule has 0 saturated carbocycles. The van der Waals surface area contributed by atoms with E-state index >= 15 is 0 Å². The molecule has 0 aliphatic heterocycles. The first-order valence-corrected chi connectivity index (χ1v) is 8.99. The van der Waals surface area contributed by atoms with Crippen molar-refractivity contribution in [2.45, 2.75) is 39.3 Å². The first-order chi connectivity index (χ1) is 13.5. The first-order valence-electron chi connectivity index (χ1n) is 8.99.